The van der Waals surface area contributed by atoms with Crippen LogP contribution in [0.15, 0.2) is 0 Å². The summed E-state index contributed by atoms with van der Waals surface area (Å²) in [5.74, 6) is 0.883. The first-order valence-corrected chi connectivity index (χ1v) is 9.23. The number of hydrogen-bond acceptors (Lipinski definition) is 1. The molecule has 82 valence electrons. The zero-order valence-corrected chi connectivity index (χ0v) is 10.7. The van der Waals surface area contributed by atoms with Crippen LogP contribution < -0.4 is 0 Å². The van der Waals surface area contributed by atoms with E-state index in [2.05, 4.69) is 13.5 Å². The molecule has 0 radical (unpaired) electrons. The fourth-order valence-electron chi connectivity index (χ4n) is 2.95. The minimum atomic E-state index is -1.14. The van der Waals surface area contributed by atoms with Crippen LogP contribution in [-0.2, 0) is 4.43 Å². The molecule has 2 unspecified atom stereocenters. The zero-order chi connectivity index (χ0) is 10.0. The number of rotatable bonds is 3. The summed E-state index contributed by atoms with van der Waals surface area (Å²) in [6.07, 6.45) is 9.03. The predicted molar refractivity (Wildman–Crippen MR) is 63.0 cm³/mol. The molecule has 0 aromatic rings. The van der Waals surface area contributed by atoms with Gasteiger partial charge in [-0.05, 0) is 37.4 Å². The maximum Gasteiger partial charge on any atom is 0.190 e. The SMILES string of the molecule is CCC1CCCCC1O[Si]1(C)CCC1. The van der Waals surface area contributed by atoms with Crippen molar-refractivity contribution in [3.8, 4) is 0 Å². The first kappa shape index (κ1) is 10.7. The average Bonchev–Trinajstić information content (AvgIpc) is 2.16. The molecule has 2 fully saturated rings. The molecular formula is C12H24OSi. The normalized spacial score (nSPS) is 36.4. The Morgan fingerprint density at radius 2 is 1.86 bits per heavy atom. The van der Waals surface area contributed by atoms with E-state index < -0.39 is 8.32 Å². The molecule has 0 amide bonds. The molecule has 0 bridgehead atoms. The molecule has 1 nitrogen and oxygen atoms in total. The van der Waals surface area contributed by atoms with E-state index in [1.807, 2.05) is 0 Å². The van der Waals surface area contributed by atoms with E-state index in [9.17, 15) is 0 Å². The smallest absolute Gasteiger partial charge is 0.190 e. The van der Waals surface area contributed by atoms with E-state index in [1.54, 1.807) is 0 Å². The van der Waals surface area contributed by atoms with Crippen LogP contribution in [-0.4, -0.2) is 14.4 Å². The second kappa shape index (κ2) is 4.36. The molecule has 0 aromatic heterocycles. The van der Waals surface area contributed by atoms with Gasteiger partial charge in [0.15, 0.2) is 8.32 Å². The summed E-state index contributed by atoms with van der Waals surface area (Å²) in [6, 6.07) is 2.86. The van der Waals surface area contributed by atoms with Crippen molar-refractivity contribution in [3.05, 3.63) is 0 Å². The van der Waals surface area contributed by atoms with E-state index in [1.165, 1.54) is 50.6 Å². The highest BCUT2D eigenvalue weighted by molar-refractivity contribution is 6.75. The maximum absolute atomic E-state index is 6.46. The lowest BCUT2D eigenvalue weighted by Gasteiger charge is -2.42. The largest absolute Gasteiger partial charge is 0.414 e. The van der Waals surface area contributed by atoms with Crippen molar-refractivity contribution in [1.29, 1.82) is 0 Å². The third kappa shape index (κ3) is 2.22. The zero-order valence-electron chi connectivity index (χ0n) is 9.72. The molecule has 2 rings (SSSR count). The summed E-state index contributed by atoms with van der Waals surface area (Å²) < 4.78 is 6.46. The molecule has 1 saturated carbocycles. The lowest BCUT2D eigenvalue weighted by atomic mass is 9.85. The van der Waals surface area contributed by atoms with Gasteiger partial charge in [-0.25, -0.2) is 0 Å². The molecule has 0 aromatic carbocycles. The summed E-state index contributed by atoms with van der Waals surface area (Å²) in [5, 5.41) is 0. The van der Waals surface area contributed by atoms with E-state index in [4.69, 9.17) is 4.43 Å². The van der Waals surface area contributed by atoms with Crippen LogP contribution in [0.25, 0.3) is 0 Å². The van der Waals surface area contributed by atoms with Gasteiger partial charge in [0.05, 0.1) is 0 Å². The lowest BCUT2D eigenvalue weighted by molar-refractivity contribution is 0.0769. The van der Waals surface area contributed by atoms with Gasteiger partial charge in [0, 0.05) is 6.10 Å². The van der Waals surface area contributed by atoms with E-state index in [0.717, 1.165) is 5.92 Å². The Morgan fingerprint density at radius 1 is 1.14 bits per heavy atom. The second-order valence-electron chi connectivity index (χ2n) is 5.41. The van der Waals surface area contributed by atoms with E-state index in [-0.39, 0.29) is 0 Å². The van der Waals surface area contributed by atoms with Crippen molar-refractivity contribution in [3.63, 3.8) is 0 Å². The summed E-state index contributed by atoms with van der Waals surface area (Å²) >= 11 is 0. The van der Waals surface area contributed by atoms with Gasteiger partial charge in [-0.15, -0.1) is 0 Å². The minimum absolute atomic E-state index is 0.644. The highest BCUT2D eigenvalue weighted by atomic mass is 28.4. The molecule has 2 atom stereocenters. The van der Waals surface area contributed by atoms with Gasteiger partial charge in [-0.1, -0.05) is 32.6 Å². The monoisotopic (exact) mass is 212 g/mol. The van der Waals surface area contributed by atoms with Crippen molar-refractivity contribution in [2.45, 2.75) is 70.2 Å². The Hall–Kier alpha value is 0.177. The molecule has 2 aliphatic rings. The third-order valence-electron chi connectivity index (χ3n) is 4.21. The van der Waals surface area contributed by atoms with E-state index >= 15 is 0 Å². The van der Waals surface area contributed by atoms with Gasteiger partial charge in [0.2, 0.25) is 0 Å². The van der Waals surface area contributed by atoms with Crippen molar-refractivity contribution in [2.24, 2.45) is 5.92 Å². The molecule has 1 heterocycles. The van der Waals surface area contributed by atoms with Gasteiger partial charge in [0.1, 0.15) is 0 Å². The molecule has 1 aliphatic carbocycles. The Bertz CT molecular complexity index is 189. The summed E-state index contributed by atoms with van der Waals surface area (Å²) in [5.41, 5.74) is 0. The van der Waals surface area contributed by atoms with Crippen LogP contribution in [0.5, 0.6) is 0 Å². The second-order valence-corrected chi connectivity index (χ2v) is 9.55. The molecule has 14 heavy (non-hydrogen) atoms. The molecule has 0 spiro atoms. The fraction of sp³-hybridized carbons (Fsp3) is 1.00. The van der Waals surface area contributed by atoms with Gasteiger partial charge in [0.25, 0.3) is 0 Å². The maximum atomic E-state index is 6.46. The topological polar surface area (TPSA) is 9.23 Å². The minimum Gasteiger partial charge on any atom is -0.414 e. The highest BCUT2D eigenvalue weighted by Gasteiger charge is 2.40. The van der Waals surface area contributed by atoms with Crippen LogP contribution >= 0.6 is 0 Å². The molecule has 1 aliphatic heterocycles. The van der Waals surface area contributed by atoms with Crippen molar-refractivity contribution >= 4 is 8.32 Å². The summed E-state index contributed by atoms with van der Waals surface area (Å²) in [7, 11) is -1.14. The van der Waals surface area contributed by atoms with Crippen LogP contribution in [0.3, 0.4) is 0 Å². The van der Waals surface area contributed by atoms with Crippen molar-refractivity contribution in [2.75, 3.05) is 0 Å². The molecular weight excluding hydrogens is 188 g/mol. The Morgan fingerprint density at radius 3 is 2.43 bits per heavy atom. The van der Waals surface area contributed by atoms with Gasteiger partial charge in [-0.3, -0.25) is 0 Å². The average molecular weight is 212 g/mol. The van der Waals surface area contributed by atoms with Gasteiger partial charge in [-0.2, -0.15) is 0 Å². The fourth-order valence-corrected chi connectivity index (χ4v) is 5.58. The Kier molecular flexibility index (Phi) is 3.33. The lowest BCUT2D eigenvalue weighted by Crippen LogP contribution is -2.47. The van der Waals surface area contributed by atoms with Crippen LogP contribution in [0.2, 0.25) is 18.6 Å². The first-order valence-electron chi connectivity index (χ1n) is 6.41. The van der Waals surface area contributed by atoms with Gasteiger partial charge >= 0.3 is 0 Å². The Balaban J connectivity index is 1.87. The quantitative estimate of drug-likeness (QED) is 0.644. The predicted octanol–water partition coefficient (Wildman–Crippen LogP) is 3.95. The number of hydrogen-bond donors (Lipinski definition) is 0. The molecule has 1 saturated heterocycles. The summed E-state index contributed by atoms with van der Waals surface area (Å²) in [6.45, 7) is 4.77. The van der Waals surface area contributed by atoms with Crippen molar-refractivity contribution < 1.29 is 4.43 Å². The molecule has 0 N–H and O–H groups in total. The third-order valence-corrected chi connectivity index (χ3v) is 7.91. The highest BCUT2D eigenvalue weighted by Crippen LogP contribution is 2.38. The first-order chi connectivity index (χ1) is 6.73. The standard InChI is InChI=1S/C12H24OSi/c1-3-11-7-4-5-8-12(11)13-14(2)9-6-10-14/h11-12H,3-10H2,1-2H3. The van der Waals surface area contributed by atoms with Crippen LogP contribution in [0.1, 0.15) is 45.4 Å². The van der Waals surface area contributed by atoms with Crippen molar-refractivity contribution in [1.82, 2.24) is 0 Å². The summed E-state index contributed by atoms with van der Waals surface area (Å²) in [4.78, 5) is 0. The van der Waals surface area contributed by atoms with Crippen LogP contribution in [0, 0.1) is 5.92 Å². The van der Waals surface area contributed by atoms with Gasteiger partial charge < -0.3 is 4.43 Å². The van der Waals surface area contributed by atoms with E-state index in [0.29, 0.717) is 6.10 Å². The van der Waals surface area contributed by atoms with Crippen LogP contribution in [0.4, 0.5) is 0 Å². The Labute approximate surface area is 89.4 Å². The molecule has 2 heteroatoms.